The van der Waals surface area contributed by atoms with E-state index in [1.54, 1.807) is 6.20 Å². The van der Waals surface area contributed by atoms with Crippen molar-refractivity contribution in [3.8, 4) is 0 Å². The van der Waals surface area contributed by atoms with E-state index < -0.39 is 0 Å². The van der Waals surface area contributed by atoms with Gasteiger partial charge in [0.15, 0.2) is 0 Å². The quantitative estimate of drug-likeness (QED) is 0.704. The van der Waals surface area contributed by atoms with E-state index in [4.69, 9.17) is 5.73 Å². The molecule has 16 heavy (non-hydrogen) atoms. The van der Waals surface area contributed by atoms with Gasteiger partial charge < -0.3 is 11.1 Å². The van der Waals surface area contributed by atoms with Gasteiger partial charge in [-0.15, -0.1) is 0 Å². The number of H-pyrrole nitrogens is 1. The topological polar surface area (TPSA) is 92.5 Å². The first-order valence-electron chi connectivity index (χ1n) is 5.06. The van der Waals surface area contributed by atoms with Crippen molar-refractivity contribution in [2.24, 2.45) is 0 Å². The molecule has 0 spiro atoms. The molecule has 0 saturated heterocycles. The van der Waals surface area contributed by atoms with Crippen LogP contribution in [0.5, 0.6) is 0 Å². The predicted octanol–water partition coefficient (Wildman–Crippen LogP) is 0.745. The first-order valence-corrected chi connectivity index (χ1v) is 5.06. The van der Waals surface area contributed by atoms with Gasteiger partial charge in [-0.2, -0.15) is 5.10 Å². The number of pyridine rings is 1. The minimum absolute atomic E-state index is 0.664. The normalized spacial score (nSPS) is 10.3. The Bertz CT molecular complexity index is 450. The molecule has 6 nitrogen and oxygen atoms in total. The number of rotatable bonds is 4. The Morgan fingerprint density at radius 2 is 2.31 bits per heavy atom. The van der Waals surface area contributed by atoms with Gasteiger partial charge in [0.05, 0.1) is 5.69 Å². The van der Waals surface area contributed by atoms with Gasteiger partial charge in [0.25, 0.3) is 0 Å². The number of nitrogens with zero attached hydrogens (tertiary/aromatic N) is 3. The lowest BCUT2D eigenvalue weighted by molar-refractivity contribution is 0.897. The summed E-state index contributed by atoms with van der Waals surface area (Å²) in [7, 11) is 0. The molecule has 2 aromatic rings. The molecule has 0 fully saturated rings. The minimum atomic E-state index is 0.664. The lowest BCUT2D eigenvalue weighted by Crippen LogP contribution is -2.09. The highest BCUT2D eigenvalue weighted by molar-refractivity contribution is 5.61. The van der Waals surface area contributed by atoms with Crippen LogP contribution >= 0.6 is 0 Å². The van der Waals surface area contributed by atoms with Crippen molar-refractivity contribution in [2.45, 2.75) is 13.3 Å². The number of aryl methyl sites for hydroxylation is 1. The Kier molecular flexibility index (Phi) is 3.00. The number of hydrogen-bond acceptors (Lipinski definition) is 5. The van der Waals surface area contributed by atoms with Crippen molar-refractivity contribution in [2.75, 3.05) is 17.6 Å². The van der Waals surface area contributed by atoms with E-state index in [0.29, 0.717) is 11.5 Å². The van der Waals surface area contributed by atoms with Crippen molar-refractivity contribution in [1.82, 2.24) is 20.2 Å². The molecule has 2 heterocycles. The van der Waals surface area contributed by atoms with Crippen LogP contribution in [0.1, 0.15) is 11.4 Å². The van der Waals surface area contributed by atoms with Crippen LogP contribution in [0.2, 0.25) is 0 Å². The first kappa shape index (κ1) is 10.4. The van der Waals surface area contributed by atoms with Crippen LogP contribution in [-0.4, -0.2) is 26.7 Å². The molecule has 0 amide bonds. The standard InChI is InChI=1S/C10H14N6/c1-7-4-8(11)10(13-5-7)12-3-2-9-14-6-15-16-9/h4-6H,2-3,11H2,1H3,(H,12,13)(H,14,15,16). The van der Waals surface area contributed by atoms with Crippen LogP contribution in [0.3, 0.4) is 0 Å². The highest BCUT2D eigenvalue weighted by Crippen LogP contribution is 2.15. The predicted molar refractivity (Wildman–Crippen MR) is 62.0 cm³/mol. The van der Waals surface area contributed by atoms with Crippen LogP contribution < -0.4 is 11.1 Å². The molecule has 0 radical (unpaired) electrons. The van der Waals surface area contributed by atoms with E-state index in [-0.39, 0.29) is 0 Å². The summed E-state index contributed by atoms with van der Waals surface area (Å²) in [5.74, 6) is 1.56. The largest absolute Gasteiger partial charge is 0.396 e. The van der Waals surface area contributed by atoms with Crippen molar-refractivity contribution in [3.05, 3.63) is 30.0 Å². The Labute approximate surface area is 93.3 Å². The molecular formula is C10H14N6. The number of aromatic amines is 1. The van der Waals surface area contributed by atoms with E-state index >= 15 is 0 Å². The van der Waals surface area contributed by atoms with Gasteiger partial charge in [0.2, 0.25) is 0 Å². The van der Waals surface area contributed by atoms with Gasteiger partial charge in [-0.05, 0) is 18.6 Å². The van der Waals surface area contributed by atoms with Gasteiger partial charge in [-0.3, -0.25) is 5.10 Å². The molecule has 2 rings (SSSR count). The van der Waals surface area contributed by atoms with Gasteiger partial charge in [-0.25, -0.2) is 9.97 Å². The molecule has 0 saturated carbocycles. The van der Waals surface area contributed by atoms with E-state index in [1.807, 2.05) is 13.0 Å². The van der Waals surface area contributed by atoms with E-state index in [1.165, 1.54) is 6.33 Å². The van der Waals surface area contributed by atoms with E-state index in [9.17, 15) is 0 Å². The third kappa shape index (κ3) is 2.47. The third-order valence-corrected chi connectivity index (χ3v) is 2.17. The summed E-state index contributed by atoms with van der Waals surface area (Å²) in [5, 5.41) is 9.72. The van der Waals surface area contributed by atoms with E-state index in [0.717, 1.165) is 24.4 Å². The fourth-order valence-corrected chi connectivity index (χ4v) is 1.39. The maximum Gasteiger partial charge on any atom is 0.149 e. The average Bonchev–Trinajstić information content (AvgIpc) is 2.74. The zero-order valence-electron chi connectivity index (χ0n) is 9.07. The highest BCUT2D eigenvalue weighted by Gasteiger charge is 2.01. The summed E-state index contributed by atoms with van der Waals surface area (Å²) in [6.07, 6.45) is 4.04. The molecule has 4 N–H and O–H groups in total. The molecular weight excluding hydrogens is 204 g/mol. The van der Waals surface area contributed by atoms with Crippen molar-refractivity contribution in [3.63, 3.8) is 0 Å². The molecule has 0 unspecified atom stereocenters. The zero-order valence-corrected chi connectivity index (χ0v) is 9.07. The fraction of sp³-hybridized carbons (Fsp3) is 0.300. The molecule has 0 aliphatic rings. The van der Waals surface area contributed by atoms with Crippen molar-refractivity contribution in [1.29, 1.82) is 0 Å². The Hall–Kier alpha value is -2.11. The van der Waals surface area contributed by atoms with Gasteiger partial charge in [0, 0.05) is 19.2 Å². The molecule has 0 bridgehead atoms. The minimum Gasteiger partial charge on any atom is -0.396 e. The van der Waals surface area contributed by atoms with Gasteiger partial charge in [-0.1, -0.05) is 0 Å². The second-order valence-corrected chi connectivity index (χ2v) is 3.56. The summed E-state index contributed by atoms with van der Waals surface area (Å²) < 4.78 is 0. The molecule has 0 aliphatic heterocycles. The lowest BCUT2D eigenvalue weighted by Gasteiger charge is -2.07. The second-order valence-electron chi connectivity index (χ2n) is 3.56. The van der Waals surface area contributed by atoms with Crippen LogP contribution in [0.15, 0.2) is 18.6 Å². The number of anilines is 2. The van der Waals surface area contributed by atoms with E-state index in [2.05, 4.69) is 25.5 Å². The summed E-state index contributed by atoms with van der Waals surface area (Å²) in [6, 6.07) is 1.89. The fourth-order valence-electron chi connectivity index (χ4n) is 1.39. The smallest absolute Gasteiger partial charge is 0.149 e. The van der Waals surface area contributed by atoms with Crippen molar-refractivity contribution < 1.29 is 0 Å². The molecule has 84 valence electrons. The van der Waals surface area contributed by atoms with Gasteiger partial charge >= 0.3 is 0 Å². The number of nitrogens with two attached hydrogens (primary N) is 1. The Balaban J connectivity index is 1.90. The Morgan fingerprint density at radius 3 is 3.00 bits per heavy atom. The second kappa shape index (κ2) is 4.61. The summed E-state index contributed by atoms with van der Waals surface area (Å²) in [5.41, 5.74) is 7.54. The van der Waals surface area contributed by atoms with Crippen LogP contribution in [-0.2, 0) is 6.42 Å². The maximum atomic E-state index is 5.82. The monoisotopic (exact) mass is 218 g/mol. The zero-order chi connectivity index (χ0) is 11.4. The highest BCUT2D eigenvalue weighted by atomic mass is 15.2. The third-order valence-electron chi connectivity index (χ3n) is 2.17. The summed E-state index contributed by atoms with van der Waals surface area (Å²) in [4.78, 5) is 8.24. The van der Waals surface area contributed by atoms with Crippen LogP contribution in [0.25, 0.3) is 0 Å². The van der Waals surface area contributed by atoms with Crippen LogP contribution in [0.4, 0.5) is 11.5 Å². The lowest BCUT2D eigenvalue weighted by atomic mass is 10.3. The molecule has 0 atom stereocenters. The van der Waals surface area contributed by atoms with Gasteiger partial charge in [0.1, 0.15) is 18.0 Å². The number of hydrogen-bond donors (Lipinski definition) is 3. The molecule has 6 heteroatoms. The Morgan fingerprint density at radius 1 is 1.44 bits per heavy atom. The summed E-state index contributed by atoms with van der Waals surface area (Å²) in [6.45, 7) is 2.68. The molecule has 0 aromatic carbocycles. The summed E-state index contributed by atoms with van der Waals surface area (Å²) >= 11 is 0. The average molecular weight is 218 g/mol. The molecule has 0 aliphatic carbocycles. The SMILES string of the molecule is Cc1cnc(NCCc2ncn[nH]2)c(N)c1. The number of nitrogen functional groups attached to an aromatic ring is 1. The number of nitrogens with one attached hydrogen (secondary N) is 2. The maximum absolute atomic E-state index is 5.82. The number of aromatic nitrogens is 4. The van der Waals surface area contributed by atoms with Crippen molar-refractivity contribution >= 4 is 11.5 Å². The van der Waals surface area contributed by atoms with Crippen LogP contribution in [0, 0.1) is 6.92 Å². The molecule has 2 aromatic heterocycles. The first-order chi connectivity index (χ1) is 7.75.